The zero-order valence-electron chi connectivity index (χ0n) is 8.52. The molecule has 0 aromatic rings. The summed E-state index contributed by atoms with van der Waals surface area (Å²) in [7, 11) is 0. The van der Waals surface area contributed by atoms with E-state index in [1.807, 2.05) is 0 Å². The third kappa shape index (κ3) is 2.14. The molecular weight excluding hydrogens is 303 g/mol. The van der Waals surface area contributed by atoms with Gasteiger partial charge in [-0.3, -0.25) is 0 Å². The van der Waals surface area contributed by atoms with E-state index in [9.17, 15) is 0 Å². The molecule has 2 saturated heterocycles. The highest BCUT2D eigenvalue weighted by Gasteiger charge is 2.40. The predicted molar refractivity (Wildman–Crippen MR) is 71.8 cm³/mol. The van der Waals surface area contributed by atoms with E-state index >= 15 is 0 Å². The van der Waals surface area contributed by atoms with Crippen LogP contribution in [-0.2, 0) is 0 Å². The summed E-state index contributed by atoms with van der Waals surface area (Å²) in [5.74, 6) is 1.98. The average molecular weight is 320 g/mol. The minimum Gasteiger partial charge on any atom is -0.0888 e. The number of alkyl halides is 1. The molecule has 0 aromatic heterocycles. The lowest BCUT2D eigenvalue weighted by atomic mass is 9.25. The summed E-state index contributed by atoms with van der Waals surface area (Å²) in [6.45, 7) is 0.885. The van der Waals surface area contributed by atoms with Gasteiger partial charge < -0.3 is 0 Å². The second-order valence-corrected chi connectivity index (χ2v) is 5.74. The molecule has 0 atom stereocenters. The van der Waals surface area contributed by atoms with E-state index in [1.54, 1.807) is 5.47 Å². The van der Waals surface area contributed by atoms with Gasteiger partial charge in [-0.05, 0) is 4.99 Å². The zero-order valence-corrected chi connectivity index (χ0v) is 11.7. The van der Waals surface area contributed by atoms with Gasteiger partial charge in [-0.2, -0.15) is 0 Å². The summed E-state index contributed by atoms with van der Waals surface area (Å²) in [4.78, 5) is 2.17. The summed E-state index contributed by atoms with van der Waals surface area (Å²) in [6, 6.07) is 0. The third-order valence-corrected chi connectivity index (χ3v) is 5.27. The maximum atomic E-state index is 3.62. The minimum atomic E-state index is 0.885. The van der Waals surface area contributed by atoms with Crippen LogP contribution in [0.3, 0.4) is 0 Å². The Labute approximate surface area is 104 Å². The van der Waals surface area contributed by atoms with E-state index in [2.05, 4.69) is 36.8 Å². The van der Waals surface area contributed by atoms with Crippen molar-refractivity contribution in [2.24, 2.45) is 0 Å². The Balaban J connectivity index is 2.15. The van der Waals surface area contributed by atoms with Crippen LogP contribution in [0, 0.1) is 0 Å². The Hall–Kier alpha value is 0.765. The van der Waals surface area contributed by atoms with E-state index in [-0.39, 0.29) is 0 Å². The van der Waals surface area contributed by atoms with Crippen molar-refractivity contribution in [2.45, 2.75) is 50.2 Å². The number of hydrogen-bond donors (Lipinski definition) is 0. The second kappa shape index (κ2) is 5.20. The molecular formula is C11H17BBr2. The van der Waals surface area contributed by atoms with Gasteiger partial charge in [-0.1, -0.05) is 87.5 Å². The van der Waals surface area contributed by atoms with Crippen LogP contribution in [0.25, 0.3) is 0 Å². The van der Waals surface area contributed by atoms with Gasteiger partial charge in [0, 0.05) is 5.33 Å². The molecule has 0 aliphatic carbocycles. The largest absolute Gasteiger partial charge is 0.178 e. The first-order chi connectivity index (χ1) is 6.86. The predicted octanol–water partition coefficient (Wildman–Crippen LogP) is 4.80. The molecule has 0 nitrogen and oxygen atoms in total. The van der Waals surface area contributed by atoms with Crippen LogP contribution in [0.5, 0.6) is 0 Å². The van der Waals surface area contributed by atoms with Gasteiger partial charge in [0.2, 0.25) is 0 Å². The van der Waals surface area contributed by atoms with Gasteiger partial charge >= 0.3 is 0 Å². The van der Waals surface area contributed by atoms with Gasteiger partial charge in [-0.25, -0.2) is 0 Å². The maximum absolute atomic E-state index is 3.62. The fourth-order valence-electron chi connectivity index (χ4n) is 3.47. The standard InChI is InChI=1S/C11H17BBr2/c13-7-11(8-14)12-9-3-1-4-10(12)6-2-5-9/h7,9-10H,1-6,8H2/b11-7+. The van der Waals surface area contributed by atoms with Crippen LogP contribution < -0.4 is 0 Å². The number of rotatable bonds is 2. The molecule has 0 radical (unpaired) electrons. The van der Waals surface area contributed by atoms with Crippen molar-refractivity contribution < 1.29 is 0 Å². The third-order valence-electron chi connectivity index (χ3n) is 4.04. The summed E-state index contributed by atoms with van der Waals surface area (Å²) in [5, 5.41) is 1.05. The molecule has 0 saturated carbocycles. The SMILES string of the molecule is Br/C=C(\CBr)B1C2CCCC1CCC2. The number of allylic oxidation sites excluding steroid dienone is 1. The molecule has 0 amide bonds. The Morgan fingerprint density at radius 3 is 2.00 bits per heavy atom. The van der Waals surface area contributed by atoms with Gasteiger partial charge in [0.05, 0.1) is 0 Å². The van der Waals surface area contributed by atoms with Gasteiger partial charge in [0.1, 0.15) is 0 Å². The lowest BCUT2D eigenvalue weighted by Crippen LogP contribution is -2.36. The number of fused-ring (bicyclic) bond motifs is 2. The molecule has 3 heteroatoms. The number of hydrogen-bond acceptors (Lipinski definition) is 0. The Kier molecular flexibility index (Phi) is 4.18. The fourth-order valence-corrected chi connectivity index (χ4v) is 4.91. The van der Waals surface area contributed by atoms with Crippen molar-refractivity contribution in [2.75, 3.05) is 5.33 Å². The topological polar surface area (TPSA) is 0 Å². The second-order valence-electron chi connectivity index (χ2n) is 4.73. The van der Waals surface area contributed by atoms with Gasteiger partial charge in [-0.15, -0.1) is 0 Å². The number of halogens is 2. The van der Waals surface area contributed by atoms with Gasteiger partial charge in [0.15, 0.2) is 6.71 Å². The van der Waals surface area contributed by atoms with Crippen LogP contribution in [0.1, 0.15) is 38.5 Å². The van der Waals surface area contributed by atoms with Crippen LogP contribution in [0.4, 0.5) is 0 Å². The first kappa shape index (κ1) is 11.3. The van der Waals surface area contributed by atoms with Crippen LogP contribution >= 0.6 is 31.9 Å². The van der Waals surface area contributed by atoms with Crippen molar-refractivity contribution >= 4 is 38.6 Å². The lowest BCUT2D eigenvalue weighted by molar-refractivity contribution is 0.446. The monoisotopic (exact) mass is 318 g/mol. The highest BCUT2D eigenvalue weighted by Crippen LogP contribution is 2.48. The molecule has 0 aromatic carbocycles. The normalized spacial score (nSPS) is 33.3. The van der Waals surface area contributed by atoms with E-state index in [0.29, 0.717) is 0 Å². The van der Waals surface area contributed by atoms with E-state index in [0.717, 1.165) is 23.7 Å². The molecule has 0 spiro atoms. The maximum Gasteiger partial charge on any atom is 0.178 e. The lowest BCUT2D eigenvalue weighted by Gasteiger charge is -2.41. The van der Waals surface area contributed by atoms with E-state index in [4.69, 9.17) is 0 Å². The summed E-state index contributed by atoms with van der Waals surface area (Å²) in [6.07, 6.45) is 8.83. The Morgan fingerprint density at radius 2 is 1.64 bits per heavy atom. The van der Waals surface area contributed by atoms with Crippen molar-refractivity contribution in [3.8, 4) is 0 Å². The van der Waals surface area contributed by atoms with Gasteiger partial charge in [0.25, 0.3) is 0 Å². The van der Waals surface area contributed by atoms with Crippen molar-refractivity contribution in [1.82, 2.24) is 0 Å². The van der Waals surface area contributed by atoms with E-state index in [1.165, 1.54) is 38.5 Å². The molecule has 2 fully saturated rings. The Bertz CT molecular complexity index is 205. The summed E-state index contributed by atoms with van der Waals surface area (Å²) in [5.41, 5.74) is 1.60. The summed E-state index contributed by atoms with van der Waals surface area (Å²) < 4.78 is 0. The molecule has 2 bridgehead atoms. The van der Waals surface area contributed by atoms with E-state index < -0.39 is 0 Å². The first-order valence-corrected chi connectivity index (χ1v) is 7.75. The molecule has 2 aliphatic heterocycles. The molecule has 0 N–H and O–H groups in total. The molecule has 14 heavy (non-hydrogen) atoms. The van der Waals surface area contributed by atoms with Crippen molar-refractivity contribution in [3.63, 3.8) is 0 Å². The van der Waals surface area contributed by atoms with Crippen LogP contribution in [0.2, 0.25) is 11.6 Å². The average Bonchev–Trinajstić information content (AvgIpc) is 2.19. The minimum absolute atomic E-state index is 0.885. The molecule has 2 rings (SSSR count). The van der Waals surface area contributed by atoms with Crippen molar-refractivity contribution in [1.29, 1.82) is 0 Å². The highest BCUT2D eigenvalue weighted by atomic mass is 79.9. The molecule has 2 heterocycles. The zero-order chi connectivity index (χ0) is 9.97. The molecule has 2 aliphatic rings. The first-order valence-electron chi connectivity index (χ1n) is 5.72. The molecule has 78 valence electrons. The quantitative estimate of drug-likeness (QED) is 0.506. The van der Waals surface area contributed by atoms with Crippen molar-refractivity contribution in [3.05, 3.63) is 10.5 Å². The van der Waals surface area contributed by atoms with Crippen LogP contribution in [-0.4, -0.2) is 12.0 Å². The van der Waals surface area contributed by atoms with Crippen LogP contribution in [0.15, 0.2) is 10.5 Å². The highest BCUT2D eigenvalue weighted by molar-refractivity contribution is 9.11. The smallest absolute Gasteiger partial charge is 0.0888 e. The Morgan fingerprint density at radius 1 is 1.14 bits per heavy atom. The molecule has 0 unspecified atom stereocenters. The summed E-state index contributed by atoms with van der Waals surface area (Å²) >= 11 is 7.15. The fraction of sp³-hybridized carbons (Fsp3) is 0.818.